The fourth-order valence-electron chi connectivity index (χ4n) is 4.84. The first-order chi connectivity index (χ1) is 19.8. The molecule has 2 N–H and O–H groups in total. The summed E-state index contributed by atoms with van der Waals surface area (Å²) in [6.45, 7) is 3.71. The van der Waals surface area contributed by atoms with Crippen molar-refractivity contribution in [2.75, 3.05) is 25.6 Å². The van der Waals surface area contributed by atoms with Gasteiger partial charge in [0.15, 0.2) is 23.1 Å². The lowest BCUT2D eigenvalue weighted by Gasteiger charge is -2.28. The number of anilines is 2. The summed E-state index contributed by atoms with van der Waals surface area (Å²) in [6.07, 6.45) is 3.53. The number of nitrogens with zero attached hydrogens (tertiary/aromatic N) is 3. The van der Waals surface area contributed by atoms with Crippen molar-refractivity contribution in [2.24, 2.45) is 5.92 Å². The molecular weight excluding hydrogens is 568 g/mol. The Hall–Kier alpha value is -3.84. The molecule has 0 aliphatic carbocycles. The van der Waals surface area contributed by atoms with Crippen molar-refractivity contribution in [2.45, 2.75) is 32.4 Å². The van der Waals surface area contributed by atoms with Crippen molar-refractivity contribution in [1.82, 2.24) is 15.3 Å². The number of benzene rings is 2. The Morgan fingerprint density at radius 2 is 2.00 bits per heavy atom. The van der Waals surface area contributed by atoms with Crippen molar-refractivity contribution in [3.05, 3.63) is 75.9 Å². The molecule has 2 unspecified atom stereocenters. The zero-order chi connectivity index (χ0) is 28.9. The number of fused-ring (bicyclic) bond motifs is 1. The Morgan fingerprint density at radius 3 is 2.76 bits per heavy atom. The van der Waals surface area contributed by atoms with Crippen molar-refractivity contribution >= 4 is 45.5 Å². The Balaban J connectivity index is 1.41. The minimum Gasteiger partial charge on any atom is -0.493 e. The van der Waals surface area contributed by atoms with Gasteiger partial charge in [-0.05, 0) is 50.4 Å². The molecule has 212 valence electrons. The standard InChI is InChI=1S/C30H28Cl2FN5O3/c1-17-8-18(6-7-35-17)15-40-28-12-24-21(9-27(28)39-2)30(19(13-34)14-36-24)38-25-11-23(33)26(10-22(25)31)41-16-20-4-3-5-29(32)37-20/h3-5,9-12,14,17-18,35H,6-8,15-16H2,1-2H3,(H,36,38). The molecule has 1 fully saturated rings. The number of hydrogen-bond donors (Lipinski definition) is 2. The van der Waals surface area contributed by atoms with Gasteiger partial charge in [-0.15, -0.1) is 0 Å². The van der Waals surface area contributed by atoms with Crippen LogP contribution in [0.5, 0.6) is 17.2 Å². The van der Waals surface area contributed by atoms with Gasteiger partial charge in [0.1, 0.15) is 17.8 Å². The van der Waals surface area contributed by atoms with E-state index in [9.17, 15) is 5.26 Å². The monoisotopic (exact) mass is 595 g/mol. The average molecular weight is 596 g/mol. The predicted octanol–water partition coefficient (Wildman–Crippen LogP) is 7.05. The molecule has 41 heavy (non-hydrogen) atoms. The molecule has 0 spiro atoms. The molecule has 3 heterocycles. The quantitative estimate of drug-likeness (QED) is 0.198. The average Bonchev–Trinajstić information content (AvgIpc) is 2.96. The van der Waals surface area contributed by atoms with Gasteiger partial charge in [-0.3, -0.25) is 4.98 Å². The summed E-state index contributed by atoms with van der Waals surface area (Å²) >= 11 is 12.4. The fourth-order valence-corrected chi connectivity index (χ4v) is 5.22. The number of pyridine rings is 2. The highest BCUT2D eigenvalue weighted by molar-refractivity contribution is 6.33. The maximum absolute atomic E-state index is 15.1. The van der Waals surface area contributed by atoms with E-state index in [1.165, 1.54) is 18.3 Å². The molecule has 2 aromatic carbocycles. The normalized spacial score (nSPS) is 16.7. The summed E-state index contributed by atoms with van der Waals surface area (Å²) in [4.78, 5) is 8.59. The van der Waals surface area contributed by atoms with Gasteiger partial charge >= 0.3 is 0 Å². The van der Waals surface area contributed by atoms with Crippen LogP contribution in [0.15, 0.2) is 48.7 Å². The molecule has 5 rings (SSSR count). The SMILES string of the molecule is COc1cc2c(Nc3cc(F)c(OCc4cccc(Cl)n4)cc3Cl)c(C#N)cnc2cc1OCC1CCNC(C)C1. The first-order valence-electron chi connectivity index (χ1n) is 13.1. The van der Waals surface area contributed by atoms with Crippen LogP contribution in [0, 0.1) is 23.1 Å². The summed E-state index contributed by atoms with van der Waals surface area (Å²) in [5, 5.41) is 17.5. The summed E-state index contributed by atoms with van der Waals surface area (Å²) in [7, 11) is 1.55. The number of piperidine rings is 1. The van der Waals surface area contributed by atoms with Crippen LogP contribution in [0.1, 0.15) is 31.0 Å². The third-order valence-corrected chi connectivity index (χ3v) is 7.43. The van der Waals surface area contributed by atoms with Crippen LogP contribution < -0.4 is 24.8 Å². The number of hydrogen-bond acceptors (Lipinski definition) is 8. The lowest BCUT2D eigenvalue weighted by molar-refractivity contribution is 0.192. The second-order valence-electron chi connectivity index (χ2n) is 9.86. The number of nitrogens with one attached hydrogen (secondary N) is 2. The highest BCUT2D eigenvalue weighted by Gasteiger charge is 2.21. The molecule has 1 saturated heterocycles. The van der Waals surface area contributed by atoms with Crippen LogP contribution >= 0.6 is 23.2 Å². The van der Waals surface area contributed by atoms with E-state index in [1.54, 1.807) is 37.4 Å². The minimum atomic E-state index is -0.642. The van der Waals surface area contributed by atoms with Crippen LogP contribution in [0.25, 0.3) is 10.9 Å². The summed E-state index contributed by atoms with van der Waals surface area (Å²) < 4.78 is 32.5. The summed E-state index contributed by atoms with van der Waals surface area (Å²) in [6, 6.07) is 13.8. The van der Waals surface area contributed by atoms with E-state index in [0.717, 1.165) is 19.4 Å². The summed E-state index contributed by atoms with van der Waals surface area (Å²) in [5.74, 6) is 0.804. The topological polar surface area (TPSA) is 101 Å². The smallest absolute Gasteiger partial charge is 0.167 e. The van der Waals surface area contributed by atoms with Crippen molar-refractivity contribution in [3.8, 4) is 23.3 Å². The van der Waals surface area contributed by atoms with Crippen LogP contribution in [-0.2, 0) is 6.61 Å². The lowest BCUT2D eigenvalue weighted by Crippen LogP contribution is -2.37. The second-order valence-corrected chi connectivity index (χ2v) is 10.7. The first-order valence-corrected chi connectivity index (χ1v) is 13.9. The third kappa shape index (κ3) is 6.73. The molecular formula is C30H28Cl2FN5O3. The predicted molar refractivity (Wildman–Crippen MR) is 157 cm³/mol. The van der Waals surface area contributed by atoms with Crippen LogP contribution in [-0.4, -0.2) is 36.3 Å². The van der Waals surface area contributed by atoms with E-state index in [4.69, 9.17) is 37.4 Å². The van der Waals surface area contributed by atoms with Gasteiger partial charge in [0, 0.05) is 35.8 Å². The molecule has 1 aliphatic heterocycles. The Labute approximate surface area is 247 Å². The van der Waals surface area contributed by atoms with Gasteiger partial charge in [-0.1, -0.05) is 29.3 Å². The van der Waals surface area contributed by atoms with Gasteiger partial charge in [-0.25, -0.2) is 9.37 Å². The minimum absolute atomic E-state index is 0.00895. The van der Waals surface area contributed by atoms with E-state index < -0.39 is 5.82 Å². The van der Waals surface area contributed by atoms with E-state index in [-0.39, 0.29) is 28.6 Å². The zero-order valence-electron chi connectivity index (χ0n) is 22.5. The molecule has 2 aromatic heterocycles. The number of halogens is 3. The Bertz CT molecular complexity index is 1610. The molecule has 4 aromatic rings. The molecule has 0 radical (unpaired) electrons. The van der Waals surface area contributed by atoms with Gasteiger partial charge in [0.2, 0.25) is 0 Å². The number of nitriles is 1. The second kappa shape index (κ2) is 12.8. The lowest BCUT2D eigenvalue weighted by atomic mass is 9.94. The molecule has 2 atom stereocenters. The van der Waals surface area contributed by atoms with Gasteiger partial charge < -0.3 is 24.8 Å². The van der Waals surface area contributed by atoms with Crippen molar-refractivity contribution in [1.29, 1.82) is 5.26 Å². The van der Waals surface area contributed by atoms with E-state index in [1.807, 2.05) is 0 Å². The van der Waals surface area contributed by atoms with Gasteiger partial charge in [0.05, 0.1) is 46.9 Å². The maximum atomic E-state index is 15.1. The molecule has 0 amide bonds. The van der Waals surface area contributed by atoms with E-state index in [0.29, 0.717) is 57.5 Å². The zero-order valence-corrected chi connectivity index (χ0v) is 24.0. The molecule has 0 bridgehead atoms. The van der Waals surface area contributed by atoms with Crippen LogP contribution in [0.2, 0.25) is 10.2 Å². The summed E-state index contributed by atoms with van der Waals surface area (Å²) in [5.41, 5.74) is 2.03. The molecule has 0 saturated carbocycles. The maximum Gasteiger partial charge on any atom is 0.167 e. The largest absolute Gasteiger partial charge is 0.493 e. The molecule has 11 heteroatoms. The number of aromatic nitrogens is 2. The Morgan fingerprint density at radius 1 is 1.15 bits per heavy atom. The first kappa shape index (κ1) is 28.7. The van der Waals surface area contributed by atoms with Gasteiger partial charge in [0.25, 0.3) is 0 Å². The van der Waals surface area contributed by atoms with E-state index >= 15 is 4.39 Å². The van der Waals surface area contributed by atoms with Crippen molar-refractivity contribution < 1.29 is 18.6 Å². The van der Waals surface area contributed by atoms with Crippen LogP contribution in [0.4, 0.5) is 15.8 Å². The number of rotatable bonds is 9. The highest BCUT2D eigenvalue weighted by atomic mass is 35.5. The van der Waals surface area contributed by atoms with Crippen LogP contribution in [0.3, 0.4) is 0 Å². The van der Waals surface area contributed by atoms with Gasteiger partial charge in [-0.2, -0.15) is 5.26 Å². The number of methoxy groups -OCH3 is 1. The van der Waals surface area contributed by atoms with Crippen molar-refractivity contribution in [3.63, 3.8) is 0 Å². The number of ether oxygens (including phenoxy) is 3. The fraction of sp³-hybridized carbons (Fsp3) is 0.300. The molecule has 1 aliphatic rings. The molecule has 8 nitrogen and oxygen atoms in total. The highest BCUT2D eigenvalue weighted by Crippen LogP contribution is 2.39. The Kier molecular flexibility index (Phi) is 8.93. The third-order valence-electron chi connectivity index (χ3n) is 6.91. The van der Waals surface area contributed by atoms with E-state index in [2.05, 4.69) is 33.6 Å².